The molecule has 1 aliphatic rings. The molecular formula is C11H22O4. The van der Waals surface area contributed by atoms with Gasteiger partial charge in [0, 0.05) is 26.4 Å². The Balaban J connectivity index is 1.79. The first-order valence-corrected chi connectivity index (χ1v) is 5.85. The van der Waals surface area contributed by atoms with Gasteiger partial charge in [0.2, 0.25) is 0 Å². The van der Waals surface area contributed by atoms with Crippen molar-refractivity contribution in [3.63, 3.8) is 0 Å². The second-order valence-corrected chi connectivity index (χ2v) is 3.71. The van der Waals surface area contributed by atoms with Crippen LogP contribution in [0.25, 0.3) is 0 Å². The summed E-state index contributed by atoms with van der Waals surface area (Å²) in [6.07, 6.45) is 5.00. The molecule has 90 valence electrons. The lowest BCUT2D eigenvalue weighted by molar-refractivity contribution is -0.164. The fourth-order valence-electron chi connectivity index (χ4n) is 1.49. The van der Waals surface area contributed by atoms with Crippen LogP contribution < -0.4 is 0 Å². The van der Waals surface area contributed by atoms with Gasteiger partial charge in [0.15, 0.2) is 6.29 Å². The fourth-order valence-corrected chi connectivity index (χ4v) is 1.49. The van der Waals surface area contributed by atoms with Crippen molar-refractivity contribution in [3.8, 4) is 0 Å². The lowest BCUT2D eigenvalue weighted by Gasteiger charge is -2.22. The van der Waals surface area contributed by atoms with Gasteiger partial charge >= 0.3 is 0 Å². The van der Waals surface area contributed by atoms with E-state index in [0.29, 0.717) is 26.2 Å². The minimum absolute atomic E-state index is 0.0104. The van der Waals surface area contributed by atoms with E-state index in [-0.39, 0.29) is 12.9 Å². The van der Waals surface area contributed by atoms with Gasteiger partial charge in [-0.2, -0.15) is 0 Å². The third-order valence-electron chi connectivity index (χ3n) is 2.32. The average molecular weight is 218 g/mol. The van der Waals surface area contributed by atoms with Gasteiger partial charge in [0.05, 0.1) is 6.61 Å². The summed E-state index contributed by atoms with van der Waals surface area (Å²) in [6.45, 7) is 3.07. The molecule has 0 aliphatic carbocycles. The zero-order valence-electron chi connectivity index (χ0n) is 9.32. The highest BCUT2D eigenvalue weighted by Crippen LogP contribution is 2.13. The maximum atomic E-state index is 8.52. The first-order valence-electron chi connectivity index (χ1n) is 5.85. The van der Waals surface area contributed by atoms with E-state index < -0.39 is 0 Å². The Labute approximate surface area is 91.5 Å². The number of ether oxygens (including phenoxy) is 3. The summed E-state index contributed by atoms with van der Waals surface area (Å²) in [5.74, 6) is 0. The highest BCUT2D eigenvalue weighted by molar-refractivity contribution is 4.53. The lowest BCUT2D eigenvalue weighted by atomic mass is 10.2. The predicted octanol–water partition coefficient (Wildman–Crippen LogP) is 1.32. The average Bonchev–Trinajstić information content (AvgIpc) is 2.29. The number of rotatable bonds is 8. The molecule has 1 unspecified atom stereocenters. The third kappa shape index (κ3) is 6.84. The summed E-state index contributed by atoms with van der Waals surface area (Å²) >= 11 is 0. The van der Waals surface area contributed by atoms with E-state index in [1.807, 2.05) is 0 Å². The van der Waals surface area contributed by atoms with Crippen molar-refractivity contribution >= 4 is 0 Å². The molecule has 1 atom stereocenters. The number of hydrogen-bond acceptors (Lipinski definition) is 4. The SMILES string of the molecule is OCCCOCCCOC1CCCCO1. The molecule has 1 rings (SSSR count). The van der Waals surface area contributed by atoms with Gasteiger partial charge in [-0.15, -0.1) is 0 Å². The quantitative estimate of drug-likeness (QED) is 0.624. The topological polar surface area (TPSA) is 47.9 Å². The Morgan fingerprint density at radius 3 is 2.73 bits per heavy atom. The molecule has 0 spiro atoms. The Hall–Kier alpha value is -0.160. The van der Waals surface area contributed by atoms with Gasteiger partial charge in [-0.25, -0.2) is 0 Å². The van der Waals surface area contributed by atoms with E-state index in [1.165, 1.54) is 6.42 Å². The highest BCUT2D eigenvalue weighted by atomic mass is 16.7. The van der Waals surface area contributed by atoms with Crippen LogP contribution in [0.5, 0.6) is 0 Å². The predicted molar refractivity (Wildman–Crippen MR) is 56.7 cm³/mol. The zero-order valence-corrected chi connectivity index (χ0v) is 9.32. The maximum Gasteiger partial charge on any atom is 0.157 e. The summed E-state index contributed by atoms with van der Waals surface area (Å²) in [7, 11) is 0. The summed E-state index contributed by atoms with van der Waals surface area (Å²) in [5.41, 5.74) is 0. The molecule has 1 saturated heterocycles. The van der Waals surface area contributed by atoms with Crippen molar-refractivity contribution < 1.29 is 19.3 Å². The van der Waals surface area contributed by atoms with E-state index in [1.54, 1.807) is 0 Å². The lowest BCUT2D eigenvalue weighted by Crippen LogP contribution is -2.23. The summed E-state index contributed by atoms with van der Waals surface area (Å²) in [6, 6.07) is 0. The number of aliphatic hydroxyl groups is 1. The van der Waals surface area contributed by atoms with Crippen LogP contribution in [-0.2, 0) is 14.2 Å². The minimum atomic E-state index is 0.0104. The molecule has 1 N–H and O–H groups in total. The van der Waals surface area contributed by atoms with Gasteiger partial charge in [-0.05, 0) is 32.1 Å². The maximum absolute atomic E-state index is 8.52. The standard InChI is InChI=1S/C11H22O4/c12-6-3-7-13-8-4-10-15-11-5-1-2-9-14-11/h11-12H,1-10H2. The molecule has 4 heteroatoms. The van der Waals surface area contributed by atoms with E-state index in [2.05, 4.69) is 0 Å². The first kappa shape index (κ1) is 12.9. The van der Waals surface area contributed by atoms with Crippen LogP contribution in [0.2, 0.25) is 0 Å². The van der Waals surface area contributed by atoms with E-state index >= 15 is 0 Å². The second kappa shape index (κ2) is 9.09. The van der Waals surface area contributed by atoms with Crippen LogP contribution in [0.15, 0.2) is 0 Å². The van der Waals surface area contributed by atoms with Crippen molar-refractivity contribution in [1.29, 1.82) is 0 Å². The molecule has 0 aromatic carbocycles. The first-order chi connectivity index (χ1) is 7.43. The molecule has 0 saturated carbocycles. The summed E-state index contributed by atoms with van der Waals surface area (Å²) in [5, 5.41) is 8.52. The smallest absolute Gasteiger partial charge is 0.157 e. The Morgan fingerprint density at radius 1 is 1.13 bits per heavy atom. The third-order valence-corrected chi connectivity index (χ3v) is 2.32. The molecule has 15 heavy (non-hydrogen) atoms. The molecule has 0 aromatic heterocycles. The van der Waals surface area contributed by atoms with Crippen molar-refractivity contribution in [2.45, 2.75) is 38.4 Å². The molecule has 1 aliphatic heterocycles. The number of aliphatic hydroxyl groups excluding tert-OH is 1. The van der Waals surface area contributed by atoms with Crippen molar-refractivity contribution in [3.05, 3.63) is 0 Å². The summed E-state index contributed by atoms with van der Waals surface area (Å²) in [4.78, 5) is 0. The zero-order chi connectivity index (χ0) is 10.8. The Bertz CT molecular complexity index is 135. The van der Waals surface area contributed by atoms with Crippen LogP contribution in [0.4, 0.5) is 0 Å². The number of hydrogen-bond donors (Lipinski definition) is 1. The van der Waals surface area contributed by atoms with E-state index in [0.717, 1.165) is 25.9 Å². The molecule has 0 radical (unpaired) electrons. The molecule has 0 bridgehead atoms. The Kier molecular flexibility index (Phi) is 7.83. The minimum Gasteiger partial charge on any atom is -0.396 e. The molecular weight excluding hydrogens is 196 g/mol. The molecule has 4 nitrogen and oxygen atoms in total. The van der Waals surface area contributed by atoms with Crippen LogP contribution in [0, 0.1) is 0 Å². The van der Waals surface area contributed by atoms with Crippen LogP contribution in [0.3, 0.4) is 0 Å². The summed E-state index contributed by atoms with van der Waals surface area (Å²) < 4.78 is 16.2. The van der Waals surface area contributed by atoms with Crippen molar-refractivity contribution in [2.24, 2.45) is 0 Å². The van der Waals surface area contributed by atoms with Crippen LogP contribution >= 0.6 is 0 Å². The van der Waals surface area contributed by atoms with Gasteiger partial charge in [-0.3, -0.25) is 0 Å². The van der Waals surface area contributed by atoms with E-state index in [4.69, 9.17) is 19.3 Å². The second-order valence-electron chi connectivity index (χ2n) is 3.71. The molecule has 0 amide bonds. The largest absolute Gasteiger partial charge is 0.396 e. The fraction of sp³-hybridized carbons (Fsp3) is 1.00. The van der Waals surface area contributed by atoms with Gasteiger partial charge in [0.1, 0.15) is 0 Å². The van der Waals surface area contributed by atoms with Crippen LogP contribution in [0.1, 0.15) is 32.1 Å². The van der Waals surface area contributed by atoms with Crippen molar-refractivity contribution in [2.75, 3.05) is 33.0 Å². The molecule has 1 heterocycles. The van der Waals surface area contributed by atoms with Gasteiger partial charge in [0.25, 0.3) is 0 Å². The molecule has 1 fully saturated rings. The molecule has 0 aromatic rings. The van der Waals surface area contributed by atoms with Crippen molar-refractivity contribution in [1.82, 2.24) is 0 Å². The monoisotopic (exact) mass is 218 g/mol. The van der Waals surface area contributed by atoms with Gasteiger partial charge in [-0.1, -0.05) is 0 Å². The normalized spacial score (nSPS) is 21.8. The highest BCUT2D eigenvalue weighted by Gasteiger charge is 2.13. The van der Waals surface area contributed by atoms with E-state index in [9.17, 15) is 0 Å². The van der Waals surface area contributed by atoms with Crippen LogP contribution in [-0.4, -0.2) is 44.4 Å². The van der Waals surface area contributed by atoms with Gasteiger partial charge < -0.3 is 19.3 Å². The Morgan fingerprint density at radius 2 is 2.00 bits per heavy atom.